The molecule has 82 valence electrons. The zero-order chi connectivity index (χ0) is 10.4. The molecule has 1 spiro atoms. The monoisotopic (exact) mass is 197 g/mol. The van der Waals surface area contributed by atoms with Gasteiger partial charge in [0.25, 0.3) is 0 Å². The number of hydrogen-bond donors (Lipinski definition) is 1. The van der Waals surface area contributed by atoms with Crippen molar-refractivity contribution in [2.75, 3.05) is 13.1 Å². The van der Waals surface area contributed by atoms with E-state index in [9.17, 15) is 5.11 Å². The second-order valence-electron chi connectivity index (χ2n) is 5.89. The van der Waals surface area contributed by atoms with Crippen molar-refractivity contribution in [2.45, 2.75) is 58.1 Å². The number of aliphatic hydroxyl groups is 1. The molecule has 1 unspecified atom stereocenters. The van der Waals surface area contributed by atoms with Crippen LogP contribution in [0.2, 0.25) is 0 Å². The van der Waals surface area contributed by atoms with E-state index in [-0.39, 0.29) is 11.6 Å². The minimum absolute atomic E-state index is 0.0339. The van der Waals surface area contributed by atoms with Crippen molar-refractivity contribution in [3.05, 3.63) is 0 Å². The average Bonchev–Trinajstić information content (AvgIpc) is 2.48. The largest absolute Gasteiger partial charge is 0.392 e. The summed E-state index contributed by atoms with van der Waals surface area (Å²) in [4.78, 5) is 2.45. The zero-order valence-corrected chi connectivity index (χ0v) is 9.71. The smallest absolute Gasteiger partial charge is 0.0690 e. The summed E-state index contributed by atoms with van der Waals surface area (Å²) in [5.74, 6) is 0. The quantitative estimate of drug-likeness (QED) is 0.732. The number of likely N-dealkylation sites (tertiary alicyclic amines) is 1. The van der Waals surface area contributed by atoms with Gasteiger partial charge in [-0.25, -0.2) is 0 Å². The molecule has 2 nitrogen and oxygen atoms in total. The van der Waals surface area contributed by atoms with Crippen LogP contribution in [0.1, 0.15) is 46.5 Å². The van der Waals surface area contributed by atoms with Gasteiger partial charge in [0.05, 0.1) is 6.10 Å². The van der Waals surface area contributed by atoms with Gasteiger partial charge in [-0.2, -0.15) is 0 Å². The first-order valence-corrected chi connectivity index (χ1v) is 5.89. The summed E-state index contributed by atoms with van der Waals surface area (Å²) in [5, 5.41) is 9.71. The summed E-state index contributed by atoms with van der Waals surface area (Å²) in [6, 6.07) is 0. The van der Waals surface area contributed by atoms with E-state index in [1.54, 1.807) is 0 Å². The molecule has 1 aliphatic carbocycles. The maximum Gasteiger partial charge on any atom is 0.0690 e. The molecule has 2 fully saturated rings. The maximum absolute atomic E-state index is 9.71. The first-order valence-electron chi connectivity index (χ1n) is 5.89. The highest BCUT2D eigenvalue weighted by Gasteiger charge is 2.50. The van der Waals surface area contributed by atoms with Crippen LogP contribution in [0.3, 0.4) is 0 Å². The lowest BCUT2D eigenvalue weighted by atomic mass is 9.74. The molecule has 1 saturated carbocycles. The van der Waals surface area contributed by atoms with Gasteiger partial charge in [-0.05, 0) is 39.0 Å². The maximum atomic E-state index is 9.71. The Labute approximate surface area is 87.3 Å². The number of nitrogens with zero attached hydrogens (tertiary/aromatic N) is 1. The summed E-state index contributed by atoms with van der Waals surface area (Å²) in [6.07, 6.45) is 5.44. The summed E-state index contributed by atoms with van der Waals surface area (Å²) in [5.41, 5.74) is 0.611. The molecule has 0 aromatic carbocycles. The Kier molecular flexibility index (Phi) is 2.39. The summed E-state index contributed by atoms with van der Waals surface area (Å²) in [7, 11) is 0. The van der Waals surface area contributed by atoms with Crippen molar-refractivity contribution in [3.63, 3.8) is 0 Å². The molecule has 1 saturated heterocycles. The Bertz CT molecular complexity index is 208. The van der Waals surface area contributed by atoms with Crippen molar-refractivity contribution >= 4 is 0 Å². The van der Waals surface area contributed by atoms with Gasteiger partial charge in [0.1, 0.15) is 0 Å². The van der Waals surface area contributed by atoms with Crippen molar-refractivity contribution in [1.82, 2.24) is 4.90 Å². The van der Waals surface area contributed by atoms with Gasteiger partial charge in [0.2, 0.25) is 0 Å². The number of hydrogen-bond acceptors (Lipinski definition) is 2. The molecule has 0 radical (unpaired) electrons. The Hall–Kier alpha value is -0.0800. The highest BCUT2D eigenvalue weighted by Crippen LogP contribution is 2.48. The van der Waals surface area contributed by atoms with Crippen LogP contribution in [0.25, 0.3) is 0 Å². The predicted octanol–water partition coefficient (Wildman–Crippen LogP) is 2.02. The first-order chi connectivity index (χ1) is 6.46. The van der Waals surface area contributed by atoms with E-state index < -0.39 is 0 Å². The van der Waals surface area contributed by atoms with E-state index in [0.717, 1.165) is 0 Å². The molecule has 2 aliphatic rings. The van der Waals surface area contributed by atoms with E-state index in [1.165, 1.54) is 38.8 Å². The van der Waals surface area contributed by atoms with Gasteiger partial charge in [-0.3, -0.25) is 4.90 Å². The predicted molar refractivity (Wildman–Crippen MR) is 58.2 cm³/mol. The molecular weight excluding hydrogens is 174 g/mol. The van der Waals surface area contributed by atoms with Crippen LogP contribution in [0.5, 0.6) is 0 Å². The van der Waals surface area contributed by atoms with Crippen molar-refractivity contribution in [2.24, 2.45) is 5.41 Å². The number of rotatable bonds is 2. The van der Waals surface area contributed by atoms with Crippen LogP contribution in [0.4, 0.5) is 0 Å². The van der Waals surface area contributed by atoms with E-state index in [2.05, 4.69) is 18.7 Å². The van der Waals surface area contributed by atoms with E-state index in [0.29, 0.717) is 5.41 Å². The fraction of sp³-hybridized carbons (Fsp3) is 1.00. The molecule has 0 aromatic rings. The third-order valence-corrected chi connectivity index (χ3v) is 4.55. The molecule has 1 aliphatic heterocycles. The zero-order valence-electron chi connectivity index (χ0n) is 9.71. The Morgan fingerprint density at radius 1 is 1.21 bits per heavy atom. The fourth-order valence-corrected chi connectivity index (χ4v) is 2.88. The van der Waals surface area contributed by atoms with Gasteiger partial charge in [0.15, 0.2) is 0 Å². The van der Waals surface area contributed by atoms with E-state index >= 15 is 0 Å². The topological polar surface area (TPSA) is 23.5 Å². The average molecular weight is 197 g/mol. The molecule has 14 heavy (non-hydrogen) atoms. The van der Waals surface area contributed by atoms with Gasteiger partial charge in [-0.1, -0.05) is 12.8 Å². The minimum Gasteiger partial charge on any atom is -0.392 e. The van der Waals surface area contributed by atoms with Crippen molar-refractivity contribution < 1.29 is 5.11 Å². The van der Waals surface area contributed by atoms with Crippen LogP contribution in [0, 0.1) is 5.41 Å². The molecule has 0 aromatic heterocycles. The third kappa shape index (κ3) is 1.49. The van der Waals surface area contributed by atoms with Crippen LogP contribution in [-0.2, 0) is 0 Å². The molecule has 1 N–H and O–H groups in total. The highest BCUT2D eigenvalue weighted by molar-refractivity contribution is 5.04. The van der Waals surface area contributed by atoms with Gasteiger partial charge in [-0.15, -0.1) is 0 Å². The second kappa shape index (κ2) is 3.21. The van der Waals surface area contributed by atoms with E-state index in [4.69, 9.17) is 0 Å². The van der Waals surface area contributed by atoms with Crippen LogP contribution in [-0.4, -0.2) is 34.7 Å². The molecule has 1 atom stereocenters. The standard InChI is InChI=1S/C12H23NO/c1-10(14)11(2,3)13-8-12(9-13)6-4-5-7-12/h10,14H,4-9H2,1-3H3. The Morgan fingerprint density at radius 2 is 1.71 bits per heavy atom. The molecule has 2 rings (SSSR count). The van der Waals surface area contributed by atoms with Crippen molar-refractivity contribution in [1.29, 1.82) is 0 Å². The summed E-state index contributed by atoms with van der Waals surface area (Å²) in [6.45, 7) is 8.63. The van der Waals surface area contributed by atoms with Crippen molar-refractivity contribution in [3.8, 4) is 0 Å². The van der Waals surface area contributed by atoms with Gasteiger partial charge >= 0.3 is 0 Å². The third-order valence-electron chi connectivity index (χ3n) is 4.55. The minimum atomic E-state index is -0.235. The SMILES string of the molecule is CC(O)C(C)(C)N1CC2(CCCC2)C1. The summed E-state index contributed by atoms with van der Waals surface area (Å²) < 4.78 is 0. The van der Waals surface area contributed by atoms with Crippen LogP contribution < -0.4 is 0 Å². The lowest BCUT2D eigenvalue weighted by Crippen LogP contribution is -2.65. The van der Waals surface area contributed by atoms with E-state index in [1.807, 2.05) is 6.92 Å². The molecular formula is C12H23NO. The number of aliphatic hydroxyl groups excluding tert-OH is 1. The molecule has 1 heterocycles. The second-order valence-corrected chi connectivity index (χ2v) is 5.89. The van der Waals surface area contributed by atoms with Gasteiger partial charge in [0, 0.05) is 18.6 Å². The lowest BCUT2D eigenvalue weighted by molar-refractivity contribution is -0.104. The lowest BCUT2D eigenvalue weighted by Gasteiger charge is -2.56. The van der Waals surface area contributed by atoms with Crippen LogP contribution in [0.15, 0.2) is 0 Å². The Balaban J connectivity index is 1.93. The normalized spacial score (nSPS) is 29.1. The molecule has 0 amide bonds. The first kappa shape index (κ1) is 10.4. The molecule has 0 bridgehead atoms. The Morgan fingerprint density at radius 3 is 2.14 bits per heavy atom. The van der Waals surface area contributed by atoms with Gasteiger partial charge < -0.3 is 5.11 Å². The summed E-state index contributed by atoms with van der Waals surface area (Å²) >= 11 is 0. The fourth-order valence-electron chi connectivity index (χ4n) is 2.88. The van der Waals surface area contributed by atoms with Crippen LogP contribution >= 0.6 is 0 Å². The highest BCUT2D eigenvalue weighted by atomic mass is 16.3. The molecule has 2 heteroatoms.